The molecule has 24 heteroatoms. The van der Waals surface area contributed by atoms with Gasteiger partial charge in [0.25, 0.3) is 0 Å². The zero-order valence-corrected chi connectivity index (χ0v) is 35.2. The number of carboxylic acid groups (broad SMARTS) is 2. The molecule has 3 unspecified atom stereocenters. The molecule has 6 amide bonds. The molecular formula is C37H44N8O14S2. The molecule has 8 atom stereocenters. The summed E-state index contributed by atoms with van der Waals surface area (Å²) in [6.07, 6.45) is 1.05. The van der Waals surface area contributed by atoms with Crippen LogP contribution >= 0.6 is 11.8 Å². The summed E-state index contributed by atoms with van der Waals surface area (Å²) in [4.78, 5) is 114. The van der Waals surface area contributed by atoms with Crippen molar-refractivity contribution in [2.75, 3.05) is 26.2 Å². The number of nitrogens with zero attached hydrogens (tertiary/aromatic N) is 6. The Kier molecular flexibility index (Phi) is 12.1. The van der Waals surface area contributed by atoms with Crippen molar-refractivity contribution in [3.63, 3.8) is 0 Å². The van der Waals surface area contributed by atoms with Crippen LogP contribution in [0, 0.1) is 11.8 Å². The van der Waals surface area contributed by atoms with Crippen molar-refractivity contribution >= 4 is 75.0 Å². The molecule has 2 aromatic rings. The van der Waals surface area contributed by atoms with Crippen LogP contribution in [-0.2, 0) is 54.7 Å². The smallest absolute Gasteiger partial charge is 0.360 e. The number of carboxylic acids is 2. The van der Waals surface area contributed by atoms with Gasteiger partial charge in [0.05, 0.1) is 30.5 Å². The summed E-state index contributed by atoms with van der Waals surface area (Å²) in [5.74, 6) is -8.91. The Morgan fingerprint density at radius 1 is 0.984 bits per heavy atom. The second-order valence-corrected chi connectivity index (χ2v) is 20.0. The summed E-state index contributed by atoms with van der Waals surface area (Å²) in [7, 11) is -3.88. The number of urea groups is 1. The average Bonchev–Trinajstić information content (AvgIpc) is 3.81. The maximum atomic E-state index is 13.3. The summed E-state index contributed by atoms with van der Waals surface area (Å²) < 4.78 is 29.0. The first-order valence-corrected chi connectivity index (χ1v) is 21.6. The number of benzene rings is 1. The summed E-state index contributed by atoms with van der Waals surface area (Å²) in [5.41, 5.74) is 0.299. The number of ether oxygens (including phenoxy) is 1. The minimum atomic E-state index is -3.88. The van der Waals surface area contributed by atoms with Crippen LogP contribution in [0.4, 0.5) is 4.79 Å². The number of rotatable bonds is 11. The molecule has 328 valence electrons. The quantitative estimate of drug-likeness (QED) is 0.120. The molecule has 1 aromatic heterocycles. The highest BCUT2D eigenvalue weighted by Crippen LogP contribution is 2.54. The van der Waals surface area contributed by atoms with Gasteiger partial charge in [-0.3, -0.25) is 38.3 Å². The monoisotopic (exact) mass is 888 g/mol. The number of hydrogen-bond acceptors (Lipinski definition) is 15. The highest BCUT2D eigenvalue weighted by molar-refractivity contribution is 8.01. The summed E-state index contributed by atoms with van der Waals surface area (Å²) in [5, 5.41) is 30.1. The van der Waals surface area contributed by atoms with E-state index in [1.807, 2.05) is 0 Å². The Hall–Kier alpha value is -5.91. The second kappa shape index (κ2) is 16.5. The summed E-state index contributed by atoms with van der Waals surface area (Å²) >= 11 is 1.28. The first-order chi connectivity index (χ1) is 28.6. The molecule has 1 aromatic carbocycles. The van der Waals surface area contributed by atoms with E-state index in [0.717, 1.165) is 9.58 Å². The van der Waals surface area contributed by atoms with Gasteiger partial charge in [-0.2, -0.15) is 0 Å². The number of aromatic nitrogens is 3. The average molecular weight is 889 g/mol. The van der Waals surface area contributed by atoms with Gasteiger partial charge < -0.3 is 35.4 Å². The van der Waals surface area contributed by atoms with Gasteiger partial charge >= 0.3 is 35.8 Å². The van der Waals surface area contributed by atoms with E-state index in [4.69, 9.17) is 4.74 Å². The van der Waals surface area contributed by atoms with Crippen molar-refractivity contribution in [3.05, 3.63) is 47.8 Å². The zero-order valence-electron chi connectivity index (χ0n) is 33.5. The molecule has 7 rings (SSSR count). The number of hydrogen-bond donors (Lipinski definition) is 4. The minimum absolute atomic E-state index is 0.0200. The Morgan fingerprint density at radius 3 is 2.25 bits per heavy atom. The van der Waals surface area contributed by atoms with Gasteiger partial charge in [0.2, 0.25) is 11.8 Å². The molecule has 4 saturated heterocycles. The molecule has 22 nitrogen and oxygen atoms in total. The molecule has 0 spiro atoms. The van der Waals surface area contributed by atoms with Crippen LogP contribution in [0.15, 0.2) is 36.5 Å². The van der Waals surface area contributed by atoms with E-state index in [1.165, 1.54) is 34.7 Å². The number of thioether (sulfide) groups is 1. The number of imide groups is 1. The van der Waals surface area contributed by atoms with E-state index in [9.17, 15) is 61.8 Å². The number of amides is 6. The third kappa shape index (κ3) is 7.70. The first kappa shape index (κ1) is 44.6. The Bertz CT molecular complexity index is 2300. The molecule has 5 aliphatic rings. The third-order valence-electron chi connectivity index (χ3n) is 11.6. The number of ketones is 1. The number of carbonyl (C=O) groups excluding carboxylic acids is 7. The van der Waals surface area contributed by atoms with E-state index in [-0.39, 0.29) is 44.1 Å². The highest BCUT2D eigenvalue weighted by atomic mass is 32.2. The molecule has 5 fully saturated rings. The number of fused-ring (bicyclic) bond motifs is 2. The predicted octanol–water partition coefficient (Wildman–Crippen LogP) is -0.940. The number of carbonyl (C=O) groups is 9. The van der Waals surface area contributed by atoms with E-state index in [1.54, 1.807) is 58.0 Å². The van der Waals surface area contributed by atoms with Gasteiger partial charge in [-0.1, -0.05) is 35.5 Å². The highest BCUT2D eigenvalue weighted by Gasteiger charge is 2.71. The molecule has 61 heavy (non-hydrogen) atoms. The maximum absolute atomic E-state index is 13.3. The fraction of sp³-hybridized carbons (Fsp3) is 0.541. The second-order valence-electron chi connectivity index (χ2n) is 15.6. The van der Waals surface area contributed by atoms with E-state index < -0.39 is 107 Å². The Balaban J connectivity index is 0.000000218. The van der Waals surface area contributed by atoms with E-state index >= 15 is 0 Å². The lowest BCUT2D eigenvalue weighted by Crippen LogP contribution is -2.71. The molecular weight excluding hydrogens is 845 g/mol. The largest absolute Gasteiger partial charge is 0.481 e. The van der Waals surface area contributed by atoms with Crippen molar-refractivity contribution in [2.24, 2.45) is 11.8 Å². The number of likely N-dealkylation sites (N-methyl/N-ethyl adjacent to an activating group) is 1. The van der Waals surface area contributed by atoms with Crippen LogP contribution in [-0.4, -0.2) is 160 Å². The van der Waals surface area contributed by atoms with Gasteiger partial charge in [0.1, 0.15) is 34.0 Å². The van der Waals surface area contributed by atoms with Crippen LogP contribution in [0.2, 0.25) is 0 Å². The lowest BCUT2D eigenvalue weighted by molar-refractivity contribution is -0.161. The number of nitrogens with one attached hydrogen (secondary N) is 2. The molecule has 0 radical (unpaired) electrons. The molecule has 0 bridgehead atoms. The van der Waals surface area contributed by atoms with Crippen LogP contribution in [0.5, 0.6) is 0 Å². The zero-order chi connectivity index (χ0) is 44.9. The molecule has 1 aliphatic carbocycles. The van der Waals surface area contributed by atoms with E-state index in [0.29, 0.717) is 12.1 Å². The van der Waals surface area contributed by atoms with Crippen molar-refractivity contribution < 1.29 is 66.5 Å². The predicted molar refractivity (Wildman–Crippen MR) is 209 cm³/mol. The summed E-state index contributed by atoms with van der Waals surface area (Å²) in [6, 6.07) is 4.11. The van der Waals surface area contributed by atoms with Crippen molar-refractivity contribution in [3.8, 4) is 0 Å². The Morgan fingerprint density at radius 2 is 1.66 bits per heavy atom. The molecule has 4 aliphatic heterocycles. The van der Waals surface area contributed by atoms with E-state index in [2.05, 4.69) is 20.9 Å². The lowest BCUT2D eigenvalue weighted by atomic mass is 9.70. The molecule has 4 N–H and O–H groups in total. The number of sulfone groups is 1. The summed E-state index contributed by atoms with van der Waals surface area (Å²) in [6.45, 7) is 8.42. The lowest BCUT2D eigenvalue weighted by Gasteiger charge is -2.44. The first-order valence-electron chi connectivity index (χ1n) is 19.2. The van der Waals surface area contributed by atoms with Crippen molar-refractivity contribution in [1.29, 1.82) is 0 Å². The topological polar surface area (TPSA) is 302 Å². The standard InChI is InChI=1S/C23H27N5O7S.C14H17N3O7S/c1-4-26-10-11-27(19(32)18(26)31)22(35)25-13(12-8-6-5-7-9-12)16(29)24-14-17(30)28-15(21(33)34)23(2,3)36-20(14)28;1-3-24-13(21)7-5-17(16-15-7)6-14(2)11(12(19)20)10-8(18)4-9(10)25(14,22)23/h5-9,13-15,20H,4,10-11H2,1-3H3,(H,24,29)(H,25,35)(H,33,34);5,9-11H,3-4,6H2,1-2H3,(H,19,20)/t13?,14-,15+,20-;9?,10?,11-,14-/m10/s1. The minimum Gasteiger partial charge on any atom is -0.481 e. The SMILES string of the molecule is CCN1CCN(C(=O)NC(C(=O)N[C@@H]2C(=O)N3[C@@H]2SC(C)(C)[C@@H]3C(=O)O)c2ccccc2)C(=O)C1=O.CCOC(=O)c1cn(C[C@@]2(C)[C@H](C(=O)O)C3C(=O)CC3S2(=O)=O)nn1. The number of Topliss-reactive ketones (excluding diaryl/α,β-unsaturated/α-hetero) is 1. The number of piperazine rings is 1. The van der Waals surface area contributed by atoms with Crippen molar-refractivity contribution in [1.82, 2.24) is 40.3 Å². The van der Waals surface area contributed by atoms with Crippen LogP contribution in [0.1, 0.15) is 63.1 Å². The normalized spacial score (nSPS) is 28.6. The van der Waals surface area contributed by atoms with Crippen LogP contribution in [0.3, 0.4) is 0 Å². The van der Waals surface area contributed by atoms with Crippen LogP contribution < -0.4 is 10.6 Å². The Labute approximate surface area is 352 Å². The molecule has 1 saturated carbocycles. The fourth-order valence-corrected chi connectivity index (χ4v) is 12.7. The van der Waals surface area contributed by atoms with Gasteiger partial charge in [0, 0.05) is 36.7 Å². The van der Waals surface area contributed by atoms with Crippen LogP contribution in [0.25, 0.3) is 0 Å². The molecule has 5 heterocycles. The van der Waals surface area contributed by atoms with Crippen molar-refractivity contribution in [2.45, 2.75) is 85.8 Å². The van der Waals surface area contributed by atoms with Gasteiger partial charge in [-0.05, 0) is 40.2 Å². The van der Waals surface area contributed by atoms with Gasteiger partial charge in [-0.15, -0.1) is 16.9 Å². The van der Waals surface area contributed by atoms with Gasteiger partial charge in [0.15, 0.2) is 15.5 Å². The number of aliphatic carboxylic acids is 2. The fourth-order valence-electron chi connectivity index (χ4n) is 8.41. The number of β-lactam (4-membered cyclic amide) rings is 1. The number of esters is 1. The maximum Gasteiger partial charge on any atom is 0.360 e. The third-order valence-corrected chi connectivity index (χ3v) is 16.1. The van der Waals surface area contributed by atoms with Gasteiger partial charge in [-0.25, -0.2) is 22.8 Å².